The van der Waals surface area contributed by atoms with Crippen LogP contribution in [0.15, 0.2) is 36.4 Å². The number of hydrogen-bond acceptors (Lipinski definition) is 4. The Morgan fingerprint density at radius 1 is 0.774 bits per heavy atom. The first-order valence-electron chi connectivity index (χ1n) is 9.98. The van der Waals surface area contributed by atoms with E-state index in [1.807, 2.05) is 6.92 Å². The number of carbonyl (C=O) groups excluding carboxylic acids is 2. The first kappa shape index (κ1) is 22.5. The number of carbonyl (C=O) groups is 2. The third-order valence-electron chi connectivity index (χ3n) is 5.16. The molecule has 1 aliphatic heterocycles. The highest BCUT2D eigenvalue weighted by Gasteiger charge is 2.32. The van der Waals surface area contributed by atoms with E-state index in [4.69, 9.17) is 11.5 Å². The maximum absolute atomic E-state index is 13.1. The summed E-state index contributed by atoms with van der Waals surface area (Å²) in [6.45, 7) is 3.39. The summed E-state index contributed by atoms with van der Waals surface area (Å²) >= 11 is 0. The zero-order chi connectivity index (χ0) is 22.8. The number of rotatable bonds is 2. The van der Waals surface area contributed by atoms with Crippen LogP contribution in [0.4, 0.5) is 24.5 Å². The number of nitrogens with zero attached hydrogens (tertiary/aromatic N) is 2. The number of nitrogen functional groups attached to an aromatic ring is 2. The summed E-state index contributed by atoms with van der Waals surface area (Å²) in [4.78, 5) is 28.9. The van der Waals surface area contributed by atoms with Gasteiger partial charge in [-0.15, -0.1) is 0 Å². The summed E-state index contributed by atoms with van der Waals surface area (Å²) in [5, 5.41) is 0. The van der Waals surface area contributed by atoms with E-state index in [-0.39, 0.29) is 17.2 Å². The Labute approximate surface area is 178 Å². The molecule has 0 spiro atoms. The second-order valence-electron chi connectivity index (χ2n) is 7.77. The van der Waals surface area contributed by atoms with Crippen LogP contribution in [0.5, 0.6) is 0 Å². The van der Waals surface area contributed by atoms with Crippen molar-refractivity contribution < 1.29 is 22.8 Å². The van der Waals surface area contributed by atoms with E-state index in [1.165, 1.54) is 11.0 Å². The molecule has 31 heavy (non-hydrogen) atoms. The molecule has 6 nitrogen and oxygen atoms in total. The Balaban J connectivity index is 1.68. The van der Waals surface area contributed by atoms with Crippen LogP contribution in [-0.2, 0) is 6.18 Å². The van der Waals surface area contributed by atoms with Crippen LogP contribution in [0.2, 0.25) is 0 Å². The van der Waals surface area contributed by atoms with Gasteiger partial charge in [-0.05, 0) is 61.7 Å². The van der Waals surface area contributed by atoms with Crippen LogP contribution in [0, 0.1) is 6.92 Å². The van der Waals surface area contributed by atoms with Gasteiger partial charge in [0, 0.05) is 48.7 Å². The first-order valence-corrected chi connectivity index (χ1v) is 9.98. The minimum Gasteiger partial charge on any atom is -0.399 e. The van der Waals surface area contributed by atoms with E-state index in [1.54, 1.807) is 23.1 Å². The third kappa shape index (κ3) is 5.48. The number of hydrogen-bond donors (Lipinski definition) is 2. The van der Waals surface area contributed by atoms with Crippen LogP contribution >= 0.6 is 0 Å². The summed E-state index contributed by atoms with van der Waals surface area (Å²) in [5.41, 5.74) is 12.2. The van der Waals surface area contributed by atoms with Crippen molar-refractivity contribution in [1.29, 1.82) is 0 Å². The van der Waals surface area contributed by atoms with Gasteiger partial charge >= 0.3 is 6.18 Å². The molecular formula is C22H25F3N4O2. The molecule has 0 bridgehead atoms. The predicted octanol–water partition coefficient (Wildman–Crippen LogP) is 3.56. The summed E-state index contributed by atoms with van der Waals surface area (Å²) in [5.74, 6) is -0.620. The van der Waals surface area contributed by atoms with Gasteiger partial charge in [0.15, 0.2) is 0 Å². The molecule has 166 valence electrons. The molecule has 4 N–H and O–H groups in total. The monoisotopic (exact) mass is 434 g/mol. The van der Waals surface area contributed by atoms with Crippen molar-refractivity contribution in [2.24, 2.45) is 0 Å². The minimum absolute atomic E-state index is 0.0870. The molecule has 1 aliphatic rings. The van der Waals surface area contributed by atoms with Gasteiger partial charge in [-0.25, -0.2) is 0 Å². The molecule has 1 fully saturated rings. The summed E-state index contributed by atoms with van der Waals surface area (Å²) in [6, 6.07) is 8.11. The van der Waals surface area contributed by atoms with E-state index >= 15 is 0 Å². The molecule has 1 heterocycles. The van der Waals surface area contributed by atoms with Crippen LogP contribution in [0.25, 0.3) is 0 Å². The van der Waals surface area contributed by atoms with Crippen molar-refractivity contribution in [3.8, 4) is 0 Å². The lowest BCUT2D eigenvalue weighted by molar-refractivity contribution is -0.137. The average molecular weight is 434 g/mol. The standard InChI is InChI=1S/C22H25F3N4O2/c1-14-8-15(11-18(26)9-14)20(30)28-4-2-6-29(7-3-5-28)21(31)16-10-17(22(23,24)25)13-19(27)12-16/h8-13H,2-7,26-27H2,1H3. The van der Waals surface area contributed by atoms with E-state index < -0.39 is 17.6 Å². The molecule has 3 rings (SSSR count). The Morgan fingerprint density at radius 2 is 1.23 bits per heavy atom. The molecule has 9 heteroatoms. The van der Waals surface area contributed by atoms with Crippen molar-refractivity contribution >= 4 is 23.2 Å². The number of anilines is 2. The fourth-order valence-corrected chi connectivity index (χ4v) is 3.77. The number of amides is 2. The van der Waals surface area contributed by atoms with Gasteiger partial charge in [-0.1, -0.05) is 0 Å². The predicted molar refractivity (Wildman–Crippen MR) is 112 cm³/mol. The molecule has 0 aliphatic carbocycles. The highest BCUT2D eigenvalue weighted by molar-refractivity contribution is 5.96. The summed E-state index contributed by atoms with van der Waals surface area (Å²) < 4.78 is 39.2. The second kappa shape index (κ2) is 8.87. The largest absolute Gasteiger partial charge is 0.416 e. The van der Waals surface area contributed by atoms with Gasteiger partial charge in [0.25, 0.3) is 11.8 Å². The fourth-order valence-electron chi connectivity index (χ4n) is 3.77. The van der Waals surface area contributed by atoms with Gasteiger partial charge in [-0.3, -0.25) is 9.59 Å². The van der Waals surface area contributed by atoms with Crippen molar-refractivity contribution in [1.82, 2.24) is 9.80 Å². The molecular weight excluding hydrogens is 409 g/mol. The number of halogens is 3. The lowest BCUT2D eigenvalue weighted by Crippen LogP contribution is -2.42. The molecule has 2 aromatic rings. The third-order valence-corrected chi connectivity index (χ3v) is 5.16. The van der Waals surface area contributed by atoms with E-state index in [2.05, 4.69) is 0 Å². The topological polar surface area (TPSA) is 92.7 Å². The molecule has 0 atom stereocenters. The summed E-state index contributed by atoms with van der Waals surface area (Å²) in [6.07, 6.45) is -3.57. The quantitative estimate of drug-likeness (QED) is 0.707. The number of aryl methyl sites for hydroxylation is 1. The van der Waals surface area contributed by atoms with Gasteiger partial charge in [-0.2, -0.15) is 13.2 Å². The van der Waals surface area contributed by atoms with Crippen LogP contribution < -0.4 is 11.5 Å². The van der Waals surface area contributed by atoms with Crippen molar-refractivity contribution in [3.05, 3.63) is 58.7 Å². The van der Waals surface area contributed by atoms with E-state index in [0.29, 0.717) is 50.3 Å². The molecule has 0 radical (unpaired) electrons. The maximum atomic E-state index is 13.1. The number of nitrogens with two attached hydrogens (primary N) is 2. The van der Waals surface area contributed by atoms with Gasteiger partial charge < -0.3 is 21.3 Å². The first-order chi connectivity index (χ1) is 14.5. The smallest absolute Gasteiger partial charge is 0.399 e. The Kier molecular flexibility index (Phi) is 6.42. The second-order valence-corrected chi connectivity index (χ2v) is 7.77. The minimum atomic E-state index is -4.58. The van der Waals surface area contributed by atoms with E-state index in [9.17, 15) is 22.8 Å². The van der Waals surface area contributed by atoms with Crippen molar-refractivity contribution in [2.75, 3.05) is 37.6 Å². The Hall–Kier alpha value is -3.23. The normalized spacial score (nSPS) is 15.4. The van der Waals surface area contributed by atoms with E-state index in [0.717, 1.165) is 17.7 Å². The molecule has 2 aromatic carbocycles. The van der Waals surface area contributed by atoms with Gasteiger partial charge in [0.1, 0.15) is 0 Å². The molecule has 0 unspecified atom stereocenters. The molecule has 2 amide bonds. The van der Waals surface area contributed by atoms with Crippen LogP contribution in [-0.4, -0.2) is 47.8 Å². The summed E-state index contributed by atoms with van der Waals surface area (Å²) in [7, 11) is 0. The maximum Gasteiger partial charge on any atom is 0.416 e. The highest BCUT2D eigenvalue weighted by Crippen LogP contribution is 2.31. The number of alkyl halides is 3. The van der Waals surface area contributed by atoms with Crippen molar-refractivity contribution in [2.45, 2.75) is 25.9 Å². The zero-order valence-electron chi connectivity index (χ0n) is 17.2. The van der Waals surface area contributed by atoms with Crippen LogP contribution in [0.1, 0.15) is 44.7 Å². The zero-order valence-corrected chi connectivity index (χ0v) is 17.2. The average Bonchev–Trinajstić information content (AvgIpc) is 2.65. The highest BCUT2D eigenvalue weighted by atomic mass is 19.4. The lowest BCUT2D eigenvalue weighted by Gasteiger charge is -2.31. The van der Waals surface area contributed by atoms with Crippen molar-refractivity contribution in [3.63, 3.8) is 0 Å². The fraction of sp³-hybridized carbons (Fsp3) is 0.364. The lowest BCUT2D eigenvalue weighted by atomic mass is 10.1. The SMILES string of the molecule is Cc1cc(N)cc(C(=O)N2CCCN(C(=O)c3cc(N)cc(C(F)(F)F)c3)CCC2)c1. The Morgan fingerprint density at radius 3 is 1.68 bits per heavy atom. The van der Waals surface area contributed by atoms with Crippen LogP contribution in [0.3, 0.4) is 0 Å². The molecule has 1 saturated heterocycles. The Bertz CT molecular complexity index is 961. The number of benzene rings is 2. The van der Waals surface area contributed by atoms with Gasteiger partial charge in [0.05, 0.1) is 5.56 Å². The van der Waals surface area contributed by atoms with Gasteiger partial charge in [0.2, 0.25) is 0 Å². The molecule has 0 saturated carbocycles. The molecule has 0 aromatic heterocycles.